The minimum atomic E-state index is -1.10. The third-order valence-electron chi connectivity index (χ3n) is 4.35. The molecule has 2 amide bonds. The maximum Gasteiger partial charge on any atom is 0.275 e. The molecular weight excluding hydrogens is 353 g/mol. The molecule has 1 aromatic carbocycles. The van der Waals surface area contributed by atoms with Crippen LogP contribution in [0.2, 0.25) is 0 Å². The first-order valence-electron chi connectivity index (χ1n) is 8.67. The Bertz CT molecular complexity index is 795. The number of carbonyl (C=O) groups is 2. The Labute approximate surface area is 156 Å². The molecule has 0 N–H and O–H groups in total. The number of rotatable bonds is 6. The number of hydrogen-bond donors (Lipinski definition) is 0. The Balaban J connectivity index is 1.62. The summed E-state index contributed by atoms with van der Waals surface area (Å²) in [4.78, 5) is 27.3. The minimum Gasteiger partial charge on any atom is -0.484 e. The zero-order valence-electron chi connectivity index (χ0n) is 15.3. The highest BCUT2D eigenvalue weighted by molar-refractivity contribution is 5.91. The van der Waals surface area contributed by atoms with E-state index in [1.165, 1.54) is 20.7 Å². The molecule has 0 aliphatic carbocycles. The number of carbonyl (C=O) groups excluding carboxylic acids is 2. The molecule has 1 aliphatic heterocycles. The Morgan fingerprint density at radius 3 is 2.74 bits per heavy atom. The molecule has 9 heteroatoms. The molecule has 27 heavy (non-hydrogen) atoms. The lowest BCUT2D eigenvalue weighted by molar-refractivity contribution is -0.134. The number of alkyl halides is 1. The normalized spacial score (nSPS) is 19.1. The number of hydrogen-bond acceptors (Lipinski definition) is 5. The van der Waals surface area contributed by atoms with Crippen molar-refractivity contribution in [2.75, 3.05) is 27.2 Å². The van der Waals surface area contributed by atoms with Crippen LogP contribution in [0, 0.1) is 0 Å². The summed E-state index contributed by atoms with van der Waals surface area (Å²) in [6.07, 6.45) is 0.632. The highest BCUT2D eigenvalue weighted by atomic mass is 19.1. The molecule has 0 spiro atoms. The van der Waals surface area contributed by atoms with Crippen molar-refractivity contribution in [3.05, 3.63) is 42.2 Å². The number of aromatic nitrogens is 3. The molecule has 1 aliphatic rings. The Hall–Kier alpha value is -2.97. The second-order valence-corrected chi connectivity index (χ2v) is 6.66. The molecule has 1 aromatic heterocycles. The molecule has 2 atom stereocenters. The van der Waals surface area contributed by atoms with Crippen molar-refractivity contribution in [3.63, 3.8) is 0 Å². The summed E-state index contributed by atoms with van der Waals surface area (Å²) in [5.41, 5.74) is 0.208. The fourth-order valence-corrected chi connectivity index (χ4v) is 3.01. The van der Waals surface area contributed by atoms with E-state index < -0.39 is 6.17 Å². The van der Waals surface area contributed by atoms with E-state index in [-0.39, 0.29) is 49.7 Å². The summed E-state index contributed by atoms with van der Waals surface area (Å²) < 4.78 is 20.9. The number of nitrogens with zero attached hydrogens (tertiary/aromatic N) is 5. The Morgan fingerprint density at radius 1 is 1.30 bits per heavy atom. The molecule has 2 aromatic rings. The summed E-state index contributed by atoms with van der Waals surface area (Å²) in [6.45, 7) is 0.139. The third kappa shape index (κ3) is 4.60. The van der Waals surface area contributed by atoms with Crippen molar-refractivity contribution in [2.45, 2.75) is 25.2 Å². The predicted molar refractivity (Wildman–Crippen MR) is 95.0 cm³/mol. The Kier molecular flexibility index (Phi) is 5.68. The van der Waals surface area contributed by atoms with Gasteiger partial charge in [-0.25, -0.2) is 9.07 Å². The van der Waals surface area contributed by atoms with Gasteiger partial charge in [0, 0.05) is 20.5 Å². The molecule has 1 saturated heterocycles. The highest BCUT2D eigenvalue weighted by Gasteiger charge is 2.36. The number of para-hydroxylation sites is 1. The zero-order valence-corrected chi connectivity index (χ0v) is 15.3. The van der Waals surface area contributed by atoms with Crippen LogP contribution in [0.1, 0.15) is 16.9 Å². The van der Waals surface area contributed by atoms with Crippen LogP contribution in [0.25, 0.3) is 0 Å². The molecule has 144 valence electrons. The van der Waals surface area contributed by atoms with Crippen molar-refractivity contribution in [1.82, 2.24) is 24.8 Å². The van der Waals surface area contributed by atoms with E-state index in [1.54, 1.807) is 26.2 Å². The summed E-state index contributed by atoms with van der Waals surface area (Å²) in [7, 11) is 3.25. The molecule has 0 radical (unpaired) electrons. The van der Waals surface area contributed by atoms with Crippen molar-refractivity contribution < 1.29 is 18.7 Å². The molecule has 2 heterocycles. The Morgan fingerprint density at radius 2 is 2.04 bits per heavy atom. The van der Waals surface area contributed by atoms with Gasteiger partial charge in [-0.3, -0.25) is 9.59 Å². The molecular formula is C18H22FN5O3. The van der Waals surface area contributed by atoms with Gasteiger partial charge >= 0.3 is 0 Å². The quantitative estimate of drug-likeness (QED) is 0.752. The van der Waals surface area contributed by atoms with Gasteiger partial charge in [0.25, 0.3) is 11.8 Å². The number of amides is 2. The van der Waals surface area contributed by atoms with Crippen LogP contribution in [0.3, 0.4) is 0 Å². The van der Waals surface area contributed by atoms with Gasteiger partial charge in [-0.2, -0.15) is 0 Å². The fraction of sp³-hybridized carbons (Fsp3) is 0.444. The maximum atomic E-state index is 13.9. The average Bonchev–Trinajstić information content (AvgIpc) is 3.26. The van der Waals surface area contributed by atoms with E-state index in [9.17, 15) is 14.0 Å². The first kappa shape index (κ1) is 18.8. The van der Waals surface area contributed by atoms with Crippen LogP contribution in [0.15, 0.2) is 36.5 Å². The zero-order chi connectivity index (χ0) is 19.4. The summed E-state index contributed by atoms with van der Waals surface area (Å²) in [6, 6.07) is 8.63. The first-order chi connectivity index (χ1) is 12.9. The van der Waals surface area contributed by atoms with Gasteiger partial charge in [-0.1, -0.05) is 23.4 Å². The van der Waals surface area contributed by atoms with Crippen molar-refractivity contribution >= 4 is 11.8 Å². The largest absolute Gasteiger partial charge is 0.484 e. The molecule has 0 bridgehead atoms. The van der Waals surface area contributed by atoms with E-state index in [0.29, 0.717) is 5.75 Å². The lowest BCUT2D eigenvalue weighted by Crippen LogP contribution is -2.41. The van der Waals surface area contributed by atoms with Crippen molar-refractivity contribution in [3.8, 4) is 5.75 Å². The van der Waals surface area contributed by atoms with E-state index in [2.05, 4.69) is 10.3 Å². The molecule has 8 nitrogen and oxygen atoms in total. The number of halogens is 1. The minimum absolute atomic E-state index is 0.0276. The predicted octanol–water partition coefficient (Wildman–Crippen LogP) is 0.998. The summed E-state index contributed by atoms with van der Waals surface area (Å²) in [5, 5.41) is 7.77. The third-order valence-corrected chi connectivity index (χ3v) is 4.35. The summed E-state index contributed by atoms with van der Waals surface area (Å²) >= 11 is 0. The SMILES string of the molecule is CN(C)C(=O)c1cn(CC2CC(F)CN2C(=O)COc2ccccc2)nn1. The van der Waals surface area contributed by atoms with Gasteiger partial charge in [-0.15, -0.1) is 5.10 Å². The van der Waals surface area contributed by atoms with Crippen LogP contribution in [0.5, 0.6) is 5.75 Å². The van der Waals surface area contributed by atoms with Crippen LogP contribution < -0.4 is 4.74 Å². The van der Waals surface area contributed by atoms with Gasteiger partial charge in [0.1, 0.15) is 11.9 Å². The standard InChI is InChI=1S/C18H22FN5O3/c1-22(2)18(26)16-11-23(21-20-16)10-14-8-13(19)9-24(14)17(25)12-27-15-6-4-3-5-7-15/h3-7,11,13-14H,8-10,12H2,1-2H3. The van der Waals surface area contributed by atoms with E-state index in [4.69, 9.17) is 4.74 Å². The summed E-state index contributed by atoms with van der Waals surface area (Å²) in [5.74, 6) is 0.0375. The highest BCUT2D eigenvalue weighted by Crippen LogP contribution is 2.22. The molecule has 2 unspecified atom stereocenters. The van der Waals surface area contributed by atoms with E-state index in [1.807, 2.05) is 18.2 Å². The second kappa shape index (κ2) is 8.15. The van der Waals surface area contributed by atoms with E-state index in [0.717, 1.165) is 0 Å². The lowest BCUT2D eigenvalue weighted by atomic mass is 10.2. The van der Waals surface area contributed by atoms with Gasteiger partial charge in [0.2, 0.25) is 0 Å². The van der Waals surface area contributed by atoms with Gasteiger partial charge < -0.3 is 14.5 Å². The van der Waals surface area contributed by atoms with Crippen molar-refractivity contribution in [2.24, 2.45) is 0 Å². The monoisotopic (exact) mass is 375 g/mol. The average molecular weight is 375 g/mol. The molecule has 3 rings (SSSR count). The fourth-order valence-electron chi connectivity index (χ4n) is 3.01. The van der Waals surface area contributed by atoms with Gasteiger partial charge in [0.05, 0.1) is 25.3 Å². The molecule has 1 fully saturated rings. The van der Waals surface area contributed by atoms with Gasteiger partial charge in [-0.05, 0) is 12.1 Å². The van der Waals surface area contributed by atoms with Gasteiger partial charge in [0.15, 0.2) is 12.3 Å². The van der Waals surface area contributed by atoms with Crippen molar-refractivity contribution in [1.29, 1.82) is 0 Å². The molecule has 0 saturated carbocycles. The van der Waals surface area contributed by atoms with E-state index >= 15 is 0 Å². The topological polar surface area (TPSA) is 80.6 Å². The smallest absolute Gasteiger partial charge is 0.275 e. The number of benzene rings is 1. The second-order valence-electron chi connectivity index (χ2n) is 6.66. The van der Waals surface area contributed by atoms with Crippen LogP contribution in [-0.4, -0.2) is 76.1 Å². The van der Waals surface area contributed by atoms with Crippen LogP contribution in [0.4, 0.5) is 4.39 Å². The number of likely N-dealkylation sites (tertiary alicyclic amines) is 1. The lowest BCUT2D eigenvalue weighted by Gasteiger charge is -2.24. The van der Waals surface area contributed by atoms with Crippen LogP contribution >= 0.6 is 0 Å². The first-order valence-corrected chi connectivity index (χ1v) is 8.67. The number of ether oxygens (including phenoxy) is 1. The maximum absolute atomic E-state index is 13.9. The van der Waals surface area contributed by atoms with Crippen LogP contribution in [-0.2, 0) is 11.3 Å².